The lowest BCUT2D eigenvalue weighted by Gasteiger charge is -2.04. The van der Waals surface area contributed by atoms with Gasteiger partial charge in [0, 0.05) is 18.0 Å². The van der Waals surface area contributed by atoms with Crippen molar-refractivity contribution >= 4 is 5.97 Å². The number of methoxy groups -OCH3 is 1. The Kier molecular flexibility index (Phi) is 3.18. The monoisotopic (exact) mass is 248 g/mol. The van der Waals surface area contributed by atoms with E-state index in [4.69, 9.17) is 9.84 Å². The van der Waals surface area contributed by atoms with Crippen molar-refractivity contribution in [3.8, 4) is 17.1 Å². The topological polar surface area (TPSA) is 72.3 Å². The van der Waals surface area contributed by atoms with Gasteiger partial charge in [0.15, 0.2) is 0 Å². The Morgan fingerprint density at radius 2 is 1.94 bits per heavy atom. The molecule has 0 aliphatic heterocycles. The van der Waals surface area contributed by atoms with Crippen LogP contribution in [0.4, 0.5) is 4.39 Å². The van der Waals surface area contributed by atoms with E-state index in [9.17, 15) is 9.18 Å². The minimum atomic E-state index is -1.32. The first-order valence-electron chi connectivity index (χ1n) is 5.01. The summed E-state index contributed by atoms with van der Waals surface area (Å²) in [6.07, 6.45) is 2.95. The van der Waals surface area contributed by atoms with Crippen LogP contribution in [0.3, 0.4) is 0 Å². The minimum absolute atomic E-state index is 0.208. The predicted octanol–water partition coefficient (Wildman–Crippen LogP) is 1.99. The molecule has 0 amide bonds. The first-order valence-corrected chi connectivity index (χ1v) is 5.01. The number of benzene rings is 1. The van der Waals surface area contributed by atoms with E-state index in [1.807, 2.05) is 0 Å². The van der Waals surface area contributed by atoms with Gasteiger partial charge in [0.25, 0.3) is 0 Å². The highest BCUT2D eigenvalue weighted by Crippen LogP contribution is 2.21. The standard InChI is InChI=1S/C12H9FN2O3/c1-18-12-14-5-8(6-15-12)7-2-3-10(13)9(4-7)11(16)17/h2-6H,1H3,(H,16,17). The normalized spacial score (nSPS) is 10.1. The fraction of sp³-hybridized carbons (Fsp3) is 0.0833. The Bertz CT molecular complexity index is 584. The van der Waals surface area contributed by atoms with Crippen LogP contribution in [0.5, 0.6) is 6.01 Å². The summed E-state index contributed by atoms with van der Waals surface area (Å²) < 4.78 is 18.0. The van der Waals surface area contributed by atoms with Crippen molar-refractivity contribution in [1.29, 1.82) is 0 Å². The van der Waals surface area contributed by atoms with E-state index in [0.717, 1.165) is 6.07 Å². The number of ether oxygens (including phenoxy) is 1. The van der Waals surface area contributed by atoms with Gasteiger partial charge in [-0.05, 0) is 17.7 Å². The van der Waals surface area contributed by atoms with Gasteiger partial charge in [0.1, 0.15) is 5.82 Å². The molecule has 2 aromatic rings. The molecule has 5 nitrogen and oxygen atoms in total. The van der Waals surface area contributed by atoms with Crippen LogP contribution in [0.15, 0.2) is 30.6 Å². The van der Waals surface area contributed by atoms with Crippen LogP contribution in [0.1, 0.15) is 10.4 Å². The van der Waals surface area contributed by atoms with Gasteiger partial charge >= 0.3 is 12.0 Å². The van der Waals surface area contributed by atoms with Gasteiger partial charge in [-0.15, -0.1) is 0 Å². The molecule has 1 aromatic carbocycles. The van der Waals surface area contributed by atoms with Crippen LogP contribution in [-0.2, 0) is 0 Å². The zero-order chi connectivity index (χ0) is 13.1. The van der Waals surface area contributed by atoms with E-state index in [2.05, 4.69) is 9.97 Å². The Morgan fingerprint density at radius 3 is 2.50 bits per heavy atom. The smallest absolute Gasteiger partial charge is 0.338 e. The fourth-order valence-electron chi connectivity index (χ4n) is 1.44. The number of hydrogen-bond donors (Lipinski definition) is 1. The van der Waals surface area contributed by atoms with Crippen LogP contribution in [-0.4, -0.2) is 28.2 Å². The van der Waals surface area contributed by atoms with Gasteiger partial charge in [-0.1, -0.05) is 6.07 Å². The molecule has 0 saturated carbocycles. The summed E-state index contributed by atoms with van der Waals surface area (Å²) in [5.74, 6) is -2.09. The number of aromatic carboxylic acids is 1. The zero-order valence-electron chi connectivity index (χ0n) is 9.42. The van der Waals surface area contributed by atoms with Crippen molar-refractivity contribution in [3.05, 3.63) is 42.0 Å². The molecule has 1 aromatic heterocycles. The molecular formula is C12H9FN2O3. The molecular weight excluding hydrogens is 239 g/mol. The van der Waals surface area contributed by atoms with Crippen molar-refractivity contribution in [2.24, 2.45) is 0 Å². The summed E-state index contributed by atoms with van der Waals surface area (Å²) >= 11 is 0. The third kappa shape index (κ3) is 2.27. The third-order valence-corrected chi connectivity index (χ3v) is 2.34. The molecule has 0 aliphatic rings. The SMILES string of the molecule is COc1ncc(-c2ccc(F)c(C(=O)O)c2)cn1. The molecule has 1 heterocycles. The maximum atomic E-state index is 13.2. The molecule has 0 atom stereocenters. The van der Waals surface area contributed by atoms with E-state index < -0.39 is 11.8 Å². The van der Waals surface area contributed by atoms with Crippen LogP contribution in [0, 0.1) is 5.82 Å². The van der Waals surface area contributed by atoms with Crippen LogP contribution in [0.25, 0.3) is 11.1 Å². The lowest BCUT2D eigenvalue weighted by molar-refractivity contribution is 0.0692. The van der Waals surface area contributed by atoms with Crippen LogP contribution < -0.4 is 4.74 Å². The average Bonchev–Trinajstić information content (AvgIpc) is 2.39. The Hall–Kier alpha value is -2.50. The van der Waals surface area contributed by atoms with Gasteiger partial charge in [-0.2, -0.15) is 0 Å². The van der Waals surface area contributed by atoms with Crippen molar-refractivity contribution in [3.63, 3.8) is 0 Å². The second-order valence-electron chi connectivity index (χ2n) is 3.46. The summed E-state index contributed by atoms with van der Waals surface area (Å²) in [5, 5.41) is 8.83. The first kappa shape index (κ1) is 12.0. The van der Waals surface area contributed by atoms with Crippen molar-refractivity contribution in [1.82, 2.24) is 9.97 Å². The van der Waals surface area contributed by atoms with Crippen LogP contribution >= 0.6 is 0 Å². The van der Waals surface area contributed by atoms with Gasteiger partial charge in [0.05, 0.1) is 12.7 Å². The Morgan fingerprint density at radius 1 is 1.28 bits per heavy atom. The maximum Gasteiger partial charge on any atom is 0.338 e. The summed E-state index contributed by atoms with van der Waals surface area (Å²) in [6, 6.07) is 4.01. The molecule has 0 radical (unpaired) electrons. The van der Waals surface area contributed by atoms with E-state index in [1.165, 1.54) is 31.6 Å². The van der Waals surface area contributed by atoms with Crippen molar-refractivity contribution in [2.75, 3.05) is 7.11 Å². The summed E-state index contributed by atoms with van der Waals surface area (Å²) in [5.41, 5.74) is 0.720. The molecule has 0 unspecified atom stereocenters. The van der Waals surface area contributed by atoms with Crippen molar-refractivity contribution in [2.45, 2.75) is 0 Å². The van der Waals surface area contributed by atoms with Gasteiger partial charge in [-0.25, -0.2) is 19.2 Å². The highest BCUT2D eigenvalue weighted by Gasteiger charge is 2.12. The highest BCUT2D eigenvalue weighted by atomic mass is 19.1. The maximum absolute atomic E-state index is 13.2. The average molecular weight is 248 g/mol. The highest BCUT2D eigenvalue weighted by molar-refractivity contribution is 5.89. The molecule has 6 heteroatoms. The Labute approximate surface area is 102 Å². The van der Waals surface area contributed by atoms with Gasteiger partial charge in [0.2, 0.25) is 0 Å². The van der Waals surface area contributed by atoms with Gasteiger partial charge in [-0.3, -0.25) is 0 Å². The minimum Gasteiger partial charge on any atom is -0.478 e. The summed E-state index contributed by atoms with van der Waals surface area (Å²) in [7, 11) is 1.44. The molecule has 0 fully saturated rings. The number of rotatable bonds is 3. The molecule has 0 aliphatic carbocycles. The second kappa shape index (κ2) is 4.79. The lowest BCUT2D eigenvalue weighted by Crippen LogP contribution is -2.00. The third-order valence-electron chi connectivity index (χ3n) is 2.34. The molecule has 0 spiro atoms. The molecule has 2 rings (SSSR count). The number of aromatic nitrogens is 2. The summed E-state index contributed by atoms with van der Waals surface area (Å²) in [6.45, 7) is 0. The molecule has 0 bridgehead atoms. The largest absolute Gasteiger partial charge is 0.478 e. The van der Waals surface area contributed by atoms with E-state index in [-0.39, 0.29) is 11.6 Å². The number of hydrogen-bond acceptors (Lipinski definition) is 4. The number of carbonyl (C=O) groups is 1. The fourth-order valence-corrected chi connectivity index (χ4v) is 1.44. The van der Waals surface area contributed by atoms with Gasteiger partial charge < -0.3 is 9.84 Å². The van der Waals surface area contributed by atoms with Crippen molar-refractivity contribution < 1.29 is 19.0 Å². The zero-order valence-corrected chi connectivity index (χ0v) is 9.42. The Balaban J connectivity index is 2.44. The number of carboxylic acid groups (broad SMARTS) is 1. The van der Waals surface area contributed by atoms with E-state index in [0.29, 0.717) is 11.1 Å². The number of halogens is 1. The number of carboxylic acids is 1. The predicted molar refractivity (Wildman–Crippen MR) is 60.9 cm³/mol. The van der Waals surface area contributed by atoms with Crippen LogP contribution in [0.2, 0.25) is 0 Å². The molecule has 18 heavy (non-hydrogen) atoms. The lowest BCUT2D eigenvalue weighted by atomic mass is 10.1. The molecule has 1 N–H and O–H groups in total. The molecule has 92 valence electrons. The summed E-state index contributed by atoms with van der Waals surface area (Å²) in [4.78, 5) is 18.6. The van der Waals surface area contributed by atoms with E-state index in [1.54, 1.807) is 0 Å². The quantitative estimate of drug-likeness (QED) is 0.899. The number of nitrogens with zero attached hydrogens (tertiary/aromatic N) is 2. The first-order chi connectivity index (χ1) is 8.61. The second-order valence-corrected chi connectivity index (χ2v) is 3.46. The molecule has 0 saturated heterocycles. The van der Waals surface area contributed by atoms with E-state index >= 15 is 0 Å².